The minimum absolute atomic E-state index is 1.32. The van der Waals surface area contributed by atoms with Crippen molar-refractivity contribution in [3.05, 3.63) is 42.5 Å². The Hall–Kier alpha value is -0.950. The van der Waals surface area contributed by atoms with E-state index in [4.69, 9.17) is 0 Å². The second kappa shape index (κ2) is 3.20. The summed E-state index contributed by atoms with van der Waals surface area (Å²) in [5, 5.41) is 0. The molecule has 0 heterocycles. The molecular formula is C11H10S. The van der Waals surface area contributed by atoms with Crippen LogP contribution in [0.25, 0.3) is 11.1 Å². The molecule has 12 heavy (non-hydrogen) atoms. The van der Waals surface area contributed by atoms with E-state index in [0.29, 0.717) is 0 Å². The lowest BCUT2D eigenvalue weighted by molar-refractivity contribution is 1.58. The van der Waals surface area contributed by atoms with Gasteiger partial charge in [-0.3, -0.25) is 0 Å². The predicted octanol–water partition coefficient (Wildman–Crippen LogP) is 3.51. The quantitative estimate of drug-likeness (QED) is 0.596. The van der Waals surface area contributed by atoms with Crippen LogP contribution >= 0.6 is 11.8 Å². The molecule has 60 valence electrons. The van der Waals surface area contributed by atoms with Crippen molar-refractivity contribution in [3.63, 3.8) is 0 Å². The van der Waals surface area contributed by atoms with Crippen LogP contribution in [0.4, 0.5) is 0 Å². The number of hydrogen-bond donors (Lipinski definition) is 0. The van der Waals surface area contributed by atoms with Crippen molar-refractivity contribution in [1.82, 2.24) is 0 Å². The molecule has 0 fully saturated rings. The van der Waals surface area contributed by atoms with Crippen LogP contribution in [-0.2, 0) is 0 Å². The van der Waals surface area contributed by atoms with Crippen LogP contribution in [0.3, 0.4) is 0 Å². The Balaban J connectivity index is 2.64. The summed E-state index contributed by atoms with van der Waals surface area (Å²) in [5.74, 6) is 0. The fourth-order valence-electron chi connectivity index (χ4n) is 1.36. The summed E-state index contributed by atoms with van der Waals surface area (Å²) in [6, 6.07) is 14.9. The highest BCUT2D eigenvalue weighted by atomic mass is 32.2. The van der Waals surface area contributed by atoms with Gasteiger partial charge in [0.1, 0.15) is 0 Å². The van der Waals surface area contributed by atoms with Gasteiger partial charge in [0, 0.05) is 4.90 Å². The molecule has 2 rings (SSSR count). The lowest BCUT2D eigenvalue weighted by Crippen LogP contribution is -1.67. The van der Waals surface area contributed by atoms with Crippen LogP contribution in [0.2, 0.25) is 0 Å². The Kier molecular flexibility index (Phi) is 2.05. The molecule has 0 amide bonds. The molecule has 0 unspecified atom stereocenters. The maximum absolute atomic E-state index is 2.18. The predicted molar refractivity (Wildman–Crippen MR) is 54.8 cm³/mol. The van der Waals surface area contributed by atoms with Gasteiger partial charge in [0.2, 0.25) is 0 Å². The van der Waals surface area contributed by atoms with Crippen LogP contribution in [-0.4, -0.2) is 6.26 Å². The minimum Gasteiger partial charge on any atom is -0.129 e. The fraction of sp³-hybridized carbons (Fsp3) is 0.0909. The summed E-state index contributed by atoms with van der Waals surface area (Å²) in [7, 11) is 0. The van der Waals surface area contributed by atoms with Crippen molar-refractivity contribution >= 4 is 11.8 Å². The van der Waals surface area contributed by atoms with Crippen LogP contribution in [0.1, 0.15) is 0 Å². The van der Waals surface area contributed by atoms with Gasteiger partial charge in [-0.05, 0) is 23.4 Å². The van der Waals surface area contributed by atoms with Gasteiger partial charge < -0.3 is 0 Å². The highest BCUT2D eigenvalue weighted by molar-refractivity contribution is 7.98. The van der Waals surface area contributed by atoms with Crippen molar-refractivity contribution in [2.24, 2.45) is 0 Å². The van der Waals surface area contributed by atoms with Gasteiger partial charge >= 0.3 is 0 Å². The van der Waals surface area contributed by atoms with Crippen LogP contribution in [0.5, 0.6) is 0 Å². The van der Waals surface area contributed by atoms with E-state index >= 15 is 0 Å². The van der Waals surface area contributed by atoms with Gasteiger partial charge in [-0.15, -0.1) is 11.8 Å². The number of rotatable bonds is 1. The molecule has 0 bridgehead atoms. The summed E-state index contributed by atoms with van der Waals surface area (Å²) in [4.78, 5) is 1.36. The van der Waals surface area contributed by atoms with Crippen LogP contribution in [0.15, 0.2) is 47.4 Å². The number of fused-ring (bicyclic) bond motifs is 1. The van der Waals surface area contributed by atoms with Gasteiger partial charge in [-0.1, -0.05) is 36.4 Å². The van der Waals surface area contributed by atoms with Crippen LogP contribution < -0.4 is 0 Å². The van der Waals surface area contributed by atoms with E-state index in [2.05, 4.69) is 48.7 Å². The molecule has 0 nitrogen and oxygen atoms in total. The van der Waals surface area contributed by atoms with Crippen molar-refractivity contribution < 1.29 is 0 Å². The van der Waals surface area contributed by atoms with E-state index in [1.165, 1.54) is 16.0 Å². The first-order chi connectivity index (χ1) is 5.92. The second-order valence-corrected chi connectivity index (χ2v) is 3.53. The summed E-state index contributed by atoms with van der Waals surface area (Å²) < 4.78 is 0. The minimum atomic E-state index is 1.32. The smallest absolute Gasteiger partial charge is 0.0148 e. The summed E-state index contributed by atoms with van der Waals surface area (Å²) in [5.41, 5.74) is 2.68. The second-order valence-electron chi connectivity index (χ2n) is 2.68. The lowest BCUT2D eigenvalue weighted by atomic mass is 10.2. The molecule has 1 heteroatoms. The first-order valence-electron chi connectivity index (χ1n) is 3.93. The molecule has 0 saturated heterocycles. The zero-order valence-corrected chi connectivity index (χ0v) is 7.77. The van der Waals surface area contributed by atoms with Gasteiger partial charge in [-0.25, -0.2) is 0 Å². The molecule has 0 aliphatic heterocycles. The average molecular weight is 174 g/mol. The first-order valence-corrected chi connectivity index (χ1v) is 5.16. The summed E-state index contributed by atoms with van der Waals surface area (Å²) in [6.07, 6.45) is 2.11. The topological polar surface area (TPSA) is 0 Å². The van der Waals surface area contributed by atoms with E-state index in [1.54, 1.807) is 11.8 Å². The monoisotopic (exact) mass is 174 g/mol. The van der Waals surface area contributed by atoms with Crippen molar-refractivity contribution in [2.45, 2.75) is 4.90 Å². The molecule has 2 aliphatic carbocycles. The van der Waals surface area contributed by atoms with Crippen LogP contribution in [0, 0.1) is 0 Å². The third kappa shape index (κ3) is 1.21. The van der Waals surface area contributed by atoms with E-state index in [0.717, 1.165) is 0 Å². The molecule has 0 spiro atoms. The van der Waals surface area contributed by atoms with Gasteiger partial charge in [0.25, 0.3) is 0 Å². The molecule has 0 aromatic heterocycles. The Morgan fingerprint density at radius 3 is 2.58 bits per heavy atom. The summed E-state index contributed by atoms with van der Waals surface area (Å²) in [6.45, 7) is 0. The van der Waals surface area contributed by atoms with E-state index in [9.17, 15) is 0 Å². The van der Waals surface area contributed by atoms with Gasteiger partial charge in [0.05, 0.1) is 0 Å². The maximum atomic E-state index is 2.18. The number of hydrogen-bond acceptors (Lipinski definition) is 1. The molecular weight excluding hydrogens is 164 g/mol. The normalized spacial score (nSPS) is 10.4. The van der Waals surface area contributed by atoms with Crippen molar-refractivity contribution in [3.8, 4) is 11.1 Å². The molecule has 0 atom stereocenters. The van der Waals surface area contributed by atoms with Crippen molar-refractivity contribution in [1.29, 1.82) is 0 Å². The third-order valence-electron chi connectivity index (χ3n) is 1.97. The van der Waals surface area contributed by atoms with E-state index in [-0.39, 0.29) is 0 Å². The molecule has 0 radical (unpaired) electrons. The molecule has 0 saturated carbocycles. The molecule has 2 aliphatic rings. The Morgan fingerprint density at radius 1 is 0.917 bits per heavy atom. The van der Waals surface area contributed by atoms with Gasteiger partial charge in [0.15, 0.2) is 0 Å². The SMILES string of the molecule is CSc1ccc2cccccc1-2. The highest BCUT2D eigenvalue weighted by Crippen LogP contribution is 2.32. The number of thioether (sulfide) groups is 1. The maximum Gasteiger partial charge on any atom is 0.0148 e. The first kappa shape index (κ1) is 7.69. The standard InChI is InChI=1S/C11H10S/c1-12-11-8-7-9-5-3-2-4-6-10(9)11/h2-8H,1H3. The molecule has 0 aromatic carbocycles. The third-order valence-corrected chi connectivity index (χ3v) is 2.77. The lowest BCUT2D eigenvalue weighted by Gasteiger charge is -1.94. The Labute approximate surface area is 77.0 Å². The van der Waals surface area contributed by atoms with Crippen molar-refractivity contribution in [2.75, 3.05) is 6.26 Å². The van der Waals surface area contributed by atoms with E-state index in [1.807, 2.05) is 0 Å². The highest BCUT2D eigenvalue weighted by Gasteiger charge is 2.04. The molecule has 0 aromatic rings. The van der Waals surface area contributed by atoms with Gasteiger partial charge in [-0.2, -0.15) is 0 Å². The zero-order chi connectivity index (χ0) is 8.39. The average Bonchev–Trinajstić information content (AvgIpc) is 2.33. The fourth-order valence-corrected chi connectivity index (χ4v) is 1.97. The van der Waals surface area contributed by atoms with E-state index < -0.39 is 0 Å². The molecule has 0 N–H and O–H groups in total. The largest absolute Gasteiger partial charge is 0.129 e. The Morgan fingerprint density at radius 2 is 1.75 bits per heavy atom. The zero-order valence-electron chi connectivity index (χ0n) is 6.95. The Bertz CT molecular complexity index is 354. The summed E-state index contributed by atoms with van der Waals surface area (Å²) >= 11 is 1.80.